The Morgan fingerprint density at radius 1 is 1.44 bits per heavy atom. The third-order valence-electron chi connectivity index (χ3n) is 3.30. The van der Waals surface area contributed by atoms with E-state index in [4.69, 9.17) is 11.6 Å². The van der Waals surface area contributed by atoms with Gasteiger partial charge in [-0.05, 0) is 32.2 Å². The molecule has 1 aliphatic rings. The average Bonchev–Trinajstić information content (AvgIpc) is 3.13. The quantitative estimate of drug-likeness (QED) is 0.608. The van der Waals surface area contributed by atoms with E-state index in [0.717, 1.165) is 48.3 Å². The molecule has 1 saturated carbocycles. The van der Waals surface area contributed by atoms with Crippen molar-refractivity contribution in [1.29, 1.82) is 0 Å². The number of hydrogen-bond acceptors (Lipinski definition) is 2. The second kappa shape index (κ2) is 6.39. The fraction of sp³-hybridized carbons (Fsp3) is 0.643. The Balaban J connectivity index is 1.77. The fourth-order valence-electron chi connectivity index (χ4n) is 2.01. The van der Waals surface area contributed by atoms with Crippen LogP contribution in [0.4, 0.5) is 0 Å². The molecule has 0 amide bonds. The summed E-state index contributed by atoms with van der Waals surface area (Å²) in [5, 5.41) is 8.74. The number of nitrogens with zero attached hydrogens (tertiary/aromatic N) is 2. The van der Waals surface area contributed by atoms with E-state index in [9.17, 15) is 0 Å². The van der Waals surface area contributed by atoms with Gasteiger partial charge >= 0.3 is 0 Å². The first-order chi connectivity index (χ1) is 8.72. The molecule has 2 rings (SSSR count). The highest BCUT2D eigenvalue weighted by atomic mass is 35.5. The van der Waals surface area contributed by atoms with Crippen LogP contribution in [-0.4, -0.2) is 22.4 Å². The van der Waals surface area contributed by atoms with E-state index < -0.39 is 0 Å². The minimum atomic E-state index is 0.803. The van der Waals surface area contributed by atoms with Crippen molar-refractivity contribution in [3.63, 3.8) is 0 Å². The van der Waals surface area contributed by atoms with Crippen molar-refractivity contribution in [2.24, 2.45) is 7.05 Å². The standard InChI is InChI=1S/C14H22ClN3/c1-3-12-14(15)13(18(2)17-12)7-5-4-6-10-16-11-8-9-11/h4-5,11,16H,3,6-10H2,1-2H3. The lowest BCUT2D eigenvalue weighted by Gasteiger charge is -1.99. The monoisotopic (exact) mass is 267 g/mol. The predicted octanol–water partition coefficient (Wildman–Crippen LogP) is 2.88. The van der Waals surface area contributed by atoms with Gasteiger partial charge in [0, 0.05) is 19.5 Å². The van der Waals surface area contributed by atoms with Crippen LogP contribution in [0.5, 0.6) is 0 Å². The first kappa shape index (κ1) is 13.6. The lowest BCUT2D eigenvalue weighted by atomic mass is 10.2. The van der Waals surface area contributed by atoms with Crippen molar-refractivity contribution in [3.05, 3.63) is 28.6 Å². The Labute approximate surface area is 114 Å². The molecule has 4 heteroatoms. The number of hydrogen-bond donors (Lipinski definition) is 1. The van der Waals surface area contributed by atoms with Crippen molar-refractivity contribution < 1.29 is 0 Å². The van der Waals surface area contributed by atoms with Crippen LogP contribution in [0.25, 0.3) is 0 Å². The molecular weight excluding hydrogens is 246 g/mol. The zero-order valence-electron chi connectivity index (χ0n) is 11.2. The Hall–Kier alpha value is -0.800. The van der Waals surface area contributed by atoms with Crippen LogP contribution in [0.1, 0.15) is 37.6 Å². The van der Waals surface area contributed by atoms with E-state index in [-0.39, 0.29) is 0 Å². The van der Waals surface area contributed by atoms with Crippen LogP contribution < -0.4 is 5.32 Å². The SMILES string of the molecule is CCc1nn(C)c(CC=CCCNC2CC2)c1Cl. The van der Waals surface area contributed by atoms with E-state index in [1.807, 2.05) is 11.7 Å². The van der Waals surface area contributed by atoms with Crippen molar-refractivity contribution in [2.75, 3.05) is 6.54 Å². The molecule has 0 radical (unpaired) electrons. The van der Waals surface area contributed by atoms with Crippen LogP contribution in [0.2, 0.25) is 5.02 Å². The highest BCUT2D eigenvalue weighted by molar-refractivity contribution is 6.31. The topological polar surface area (TPSA) is 29.9 Å². The molecule has 0 aromatic carbocycles. The molecule has 0 aliphatic heterocycles. The van der Waals surface area contributed by atoms with Crippen LogP contribution in [0.3, 0.4) is 0 Å². The van der Waals surface area contributed by atoms with Gasteiger partial charge in [-0.2, -0.15) is 5.10 Å². The Bertz CT molecular complexity index is 419. The van der Waals surface area contributed by atoms with Gasteiger partial charge in [-0.3, -0.25) is 4.68 Å². The summed E-state index contributed by atoms with van der Waals surface area (Å²) in [5.41, 5.74) is 2.11. The van der Waals surface area contributed by atoms with Gasteiger partial charge in [0.05, 0.1) is 16.4 Å². The zero-order valence-corrected chi connectivity index (χ0v) is 12.0. The lowest BCUT2D eigenvalue weighted by Crippen LogP contribution is -2.16. The number of aryl methyl sites for hydroxylation is 2. The number of rotatable bonds is 7. The van der Waals surface area contributed by atoms with Gasteiger partial charge in [-0.15, -0.1) is 0 Å². The Kier molecular flexibility index (Phi) is 4.84. The van der Waals surface area contributed by atoms with Crippen LogP contribution >= 0.6 is 11.6 Å². The fourth-order valence-corrected chi connectivity index (χ4v) is 2.38. The Morgan fingerprint density at radius 2 is 2.22 bits per heavy atom. The summed E-state index contributed by atoms with van der Waals surface area (Å²) in [5.74, 6) is 0. The second-order valence-electron chi connectivity index (χ2n) is 4.88. The molecule has 1 N–H and O–H groups in total. The molecule has 0 unspecified atom stereocenters. The first-order valence-corrected chi connectivity index (χ1v) is 7.18. The largest absolute Gasteiger partial charge is 0.314 e. The normalized spacial score (nSPS) is 15.7. The second-order valence-corrected chi connectivity index (χ2v) is 5.26. The third kappa shape index (κ3) is 3.59. The maximum absolute atomic E-state index is 6.29. The van der Waals surface area contributed by atoms with Crippen molar-refractivity contribution >= 4 is 11.6 Å². The zero-order chi connectivity index (χ0) is 13.0. The highest BCUT2D eigenvalue weighted by Gasteiger charge is 2.19. The maximum atomic E-state index is 6.29. The average molecular weight is 268 g/mol. The minimum absolute atomic E-state index is 0.803. The van der Waals surface area contributed by atoms with Gasteiger partial charge in [0.1, 0.15) is 0 Å². The summed E-state index contributed by atoms with van der Waals surface area (Å²) in [6.45, 7) is 3.16. The van der Waals surface area contributed by atoms with E-state index in [0.29, 0.717) is 0 Å². The number of nitrogens with one attached hydrogen (secondary N) is 1. The maximum Gasteiger partial charge on any atom is 0.0852 e. The molecule has 18 heavy (non-hydrogen) atoms. The van der Waals surface area contributed by atoms with Crippen molar-refractivity contribution in [3.8, 4) is 0 Å². The molecule has 0 spiro atoms. The van der Waals surface area contributed by atoms with E-state index in [1.165, 1.54) is 12.8 Å². The molecule has 1 heterocycles. The Morgan fingerprint density at radius 3 is 2.83 bits per heavy atom. The van der Waals surface area contributed by atoms with Crippen LogP contribution in [-0.2, 0) is 19.9 Å². The summed E-state index contributed by atoms with van der Waals surface area (Å²) in [6, 6.07) is 0.803. The summed E-state index contributed by atoms with van der Waals surface area (Å²) >= 11 is 6.29. The summed E-state index contributed by atoms with van der Waals surface area (Å²) in [6.07, 6.45) is 9.98. The van der Waals surface area contributed by atoms with Gasteiger partial charge in [-0.25, -0.2) is 0 Å². The number of aromatic nitrogens is 2. The molecule has 1 aromatic heterocycles. The van der Waals surface area contributed by atoms with Gasteiger partial charge < -0.3 is 5.32 Å². The molecule has 1 aromatic rings. The molecule has 100 valence electrons. The van der Waals surface area contributed by atoms with Crippen LogP contribution in [0, 0.1) is 0 Å². The van der Waals surface area contributed by atoms with E-state index >= 15 is 0 Å². The molecule has 1 aliphatic carbocycles. The van der Waals surface area contributed by atoms with Crippen molar-refractivity contribution in [1.82, 2.24) is 15.1 Å². The van der Waals surface area contributed by atoms with Crippen LogP contribution in [0.15, 0.2) is 12.2 Å². The molecule has 0 saturated heterocycles. The van der Waals surface area contributed by atoms with Crippen molar-refractivity contribution in [2.45, 2.75) is 45.1 Å². The van der Waals surface area contributed by atoms with Gasteiger partial charge in [-0.1, -0.05) is 30.7 Å². The molecule has 1 fully saturated rings. The molecule has 0 bridgehead atoms. The first-order valence-electron chi connectivity index (χ1n) is 6.81. The lowest BCUT2D eigenvalue weighted by molar-refractivity contribution is 0.688. The van der Waals surface area contributed by atoms with Gasteiger partial charge in [0.15, 0.2) is 0 Å². The molecule has 3 nitrogen and oxygen atoms in total. The number of allylic oxidation sites excluding steroid dienone is 1. The molecular formula is C14H22ClN3. The summed E-state index contributed by atoms with van der Waals surface area (Å²) in [7, 11) is 1.96. The summed E-state index contributed by atoms with van der Waals surface area (Å²) < 4.78 is 1.90. The van der Waals surface area contributed by atoms with E-state index in [1.54, 1.807) is 0 Å². The van der Waals surface area contributed by atoms with Gasteiger partial charge in [0.2, 0.25) is 0 Å². The molecule has 0 atom stereocenters. The predicted molar refractivity (Wildman–Crippen MR) is 76.1 cm³/mol. The smallest absolute Gasteiger partial charge is 0.0852 e. The highest BCUT2D eigenvalue weighted by Crippen LogP contribution is 2.21. The van der Waals surface area contributed by atoms with Gasteiger partial charge in [0.25, 0.3) is 0 Å². The minimum Gasteiger partial charge on any atom is -0.314 e. The third-order valence-corrected chi connectivity index (χ3v) is 3.74. The summed E-state index contributed by atoms with van der Waals surface area (Å²) in [4.78, 5) is 0. The number of halogens is 1. The van der Waals surface area contributed by atoms with E-state index in [2.05, 4.69) is 29.5 Å².